The van der Waals surface area contributed by atoms with Crippen LogP contribution in [0.15, 0.2) is 24.3 Å². The van der Waals surface area contributed by atoms with Crippen LogP contribution in [0.1, 0.15) is 51.7 Å². The zero-order valence-electron chi connectivity index (χ0n) is 11.5. The average Bonchev–Trinajstić information content (AvgIpc) is 2.37. The Labute approximate surface area is 105 Å². The summed E-state index contributed by atoms with van der Waals surface area (Å²) in [5.41, 5.74) is 2.23. The predicted molar refractivity (Wildman–Crippen MR) is 74.5 cm³/mol. The van der Waals surface area contributed by atoms with Crippen molar-refractivity contribution < 1.29 is 5.11 Å². The fourth-order valence-electron chi connectivity index (χ4n) is 2.03. The van der Waals surface area contributed by atoms with Crippen molar-refractivity contribution in [1.82, 2.24) is 0 Å². The highest BCUT2D eigenvalue weighted by molar-refractivity contribution is 5.48. The molecule has 1 unspecified atom stereocenters. The number of hydrogen-bond acceptors (Lipinski definition) is 2. The summed E-state index contributed by atoms with van der Waals surface area (Å²) in [5, 5.41) is 9.74. The number of aliphatic hydroxyl groups excluding tert-OH is 1. The standard InChI is InChI=1S/C15H25NO/c1-5-7-12(3)16(4)14-10-8-13(9-11-14)15(17)6-2/h8-12,15,17H,5-7H2,1-4H3/t12?,15-/m0/s1. The molecule has 0 radical (unpaired) electrons. The first kappa shape index (κ1) is 14.0. The lowest BCUT2D eigenvalue weighted by Gasteiger charge is -2.27. The van der Waals surface area contributed by atoms with Crippen LogP contribution < -0.4 is 4.90 Å². The van der Waals surface area contributed by atoms with Crippen molar-refractivity contribution in [3.8, 4) is 0 Å². The van der Waals surface area contributed by atoms with Crippen molar-refractivity contribution >= 4 is 5.69 Å². The van der Waals surface area contributed by atoms with Crippen LogP contribution >= 0.6 is 0 Å². The molecule has 0 heterocycles. The van der Waals surface area contributed by atoms with Crippen LogP contribution in [0, 0.1) is 0 Å². The van der Waals surface area contributed by atoms with Crippen molar-refractivity contribution in [3.05, 3.63) is 29.8 Å². The normalized spacial score (nSPS) is 14.4. The van der Waals surface area contributed by atoms with E-state index in [1.54, 1.807) is 0 Å². The van der Waals surface area contributed by atoms with Crippen LogP contribution in [0.4, 0.5) is 5.69 Å². The number of aliphatic hydroxyl groups is 1. The highest BCUT2D eigenvalue weighted by Crippen LogP contribution is 2.22. The van der Waals surface area contributed by atoms with Crippen molar-refractivity contribution in [1.29, 1.82) is 0 Å². The Bertz CT molecular complexity index is 320. The molecule has 2 atom stereocenters. The Hall–Kier alpha value is -1.02. The molecule has 0 aliphatic heterocycles. The van der Waals surface area contributed by atoms with E-state index in [4.69, 9.17) is 0 Å². The molecule has 0 saturated carbocycles. The first-order chi connectivity index (χ1) is 8.10. The van der Waals surface area contributed by atoms with Crippen molar-refractivity contribution in [2.45, 2.75) is 52.2 Å². The maximum atomic E-state index is 9.74. The maximum Gasteiger partial charge on any atom is 0.0787 e. The lowest BCUT2D eigenvalue weighted by atomic mass is 10.1. The van der Waals surface area contributed by atoms with Crippen molar-refractivity contribution in [2.24, 2.45) is 0 Å². The SMILES string of the molecule is CCCC(C)N(C)c1ccc([C@@H](O)CC)cc1. The lowest BCUT2D eigenvalue weighted by Crippen LogP contribution is -2.28. The third-order valence-electron chi connectivity index (χ3n) is 3.44. The van der Waals surface area contributed by atoms with E-state index in [0.717, 1.165) is 12.0 Å². The summed E-state index contributed by atoms with van der Waals surface area (Å²) in [7, 11) is 2.13. The van der Waals surface area contributed by atoms with Gasteiger partial charge >= 0.3 is 0 Å². The molecule has 0 aromatic heterocycles. The third-order valence-corrected chi connectivity index (χ3v) is 3.44. The zero-order chi connectivity index (χ0) is 12.8. The summed E-state index contributed by atoms with van der Waals surface area (Å²) in [6, 6.07) is 8.81. The second kappa shape index (κ2) is 6.65. The minimum absolute atomic E-state index is 0.331. The van der Waals surface area contributed by atoms with Gasteiger partial charge in [-0.2, -0.15) is 0 Å². The number of rotatable bonds is 6. The average molecular weight is 235 g/mol. The zero-order valence-corrected chi connectivity index (χ0v) is 11.5. The Kier molecular flexibility index (Phi) is 5.49. The van der Waals surface area contributed by atoms with Gasteiger partial charge in [-0.3, -0.25) is 0 Å². The smallest absolute Gasteiger partial charge is 0.0787 e. The molecule has 1 N–H and O–H groups in total. The minimum Gasteiger partial charge on any atom is -0.388 e. The third kappa shape index (κ3) is 3.74. The molecule has 0 amide bonds. The van der Waals surface area contributed by atoms with Gasteiger partial charge in [-0.25, -0.2) is 0 Å². The Morgan fingerprint density at radius 3 is 2.24 bits per heavy atom. The van der Waals surface area contributed by atoms with Crippen LogP contribution in [0.5, 0.6) is 0 Å². The largest absolute Gasteiger partial charge is 0.388 e. The van der Waals surface area contributed by atoms with Gasteiger partial charge in [0.25, 0.3) is 0 Å². The Balaban J connectivity index is 2.73. The van der Waals surface area contributed by atoms with Gasteiger partial charge in [0.05, 0.1) is 6.10 Å². The summed E-state index contributed by atoms with van der Waals surface area (Å²) < 4.78 is 0. The molecular formula is C15H25NO. The number of anilines is 1. The van der Waals surface area contributed by atoms with Crippen LogP contribution in [0.25, 0.3) is 0 Å². The van der Waals surface area contributed by atoms with E-state index in [0.29, 0.717) is 6.04 Å². The molecule has 1 aromatic carbocycles. The van der Waals surface area contributed by atoms with Crippen molar-refractivity contribution in [3.63, 3.8) is 0 Å². The van der Waals surface area contributed by atoms with E-state index < -0.39 is 0 Å². The van der Waals surface area contributed by atoms with Gasteiger partial charge in [0, 0.05) is 18.8 Å². The lowest BCUT2D eigenvalue weighted by molar-refractivity contribution is 0.173. The molecule has 96 valence electrons. The fraction of sp³-hybridized carbons (Fsp3) is 0.600. The first-order valence-electron chi connectivity index (χ1n) is 6.61. The van der Waals surface area contributed by atoms with E-state index in [-0.39, 0.29) is 6.10 Å². The Morgan fingerprint density at radius 1 is 1.18 bits per heavy atom. The summed E-state index contributed by atoms with van der Waals surface area (Å²) in [6.07, 6.45) is 2.84. The highest BCUT2D eigenvalue weighted by atomic mass is 16.3. The molecule has 0 aliphatic carbocycles. The number of nitrogens with zero attached hydrogens (tertiary/aromatic N) is 1. The maximum absolute atomic E-state index is 9.74. The topological polar surface area (TPSA) is 23.5 Å². The van der Waals surface area contributed by atoms with Crippen LogP contribution in [0.2, 0.25) is 0 Å². The van der Waals surface area contributed by atoms with Gasteiger partial charge in [0.1, 0.15) is 0 Å². The van der Waals surface area contributed by atoms with Crippen LogP contribution in [0.3, 0.4) is 0 Å². The Morgan fingerprint density at radius 2 is 1.76 bits per heavy atom. The van der Waals surface area contributed by atoms with Crippen LogP contribution in [-0.4, -0.2) is 18.2 Å². The van der Waals surface area contributed by atoms with E-state index in [1.165, 1.54) is 18.5 Å². The van der Waals surface area contributed by atoms with Crippen molar-refractivity contribution in [2.75, 3.05) is 11.9 Å². The molecule has 0 bridgehead atoms. The fourth-order valence-corrected chi connectivity index (χ4v) is 2.03. The molecule has 1 aromatic rings. The van der Waals surface area contributed by atoms with E-state index in [2.05, 4.69) is 37.9 Å². The van der Waals surface area contributed by atoms with Gasteiger partial charge in [-0.05, 0) is 37.5 Å². The quantitative estimate of drug-likeness (QED) is 0.811. The molecule has 0 spiro atoms. The second-order valence-electron chi connectivity index (χ2n) is 4.76. The number of hydrogen-bond donors (Lipinski definition) is 1. The number of benzene rings is 1. The van der Waals surface area contributed by atoms with E-state index in [9.17, 15) is 5.11 Å². The van der Waals surface area contributed by atoms with E-state index in [1.807, 2.05) is 19.1 Å². The predicted octanol–water partition coefficient (Wildman–Crippen LogP) is 3.75. The highest BCUT2D eigenvalue weighted by Gasteiger charge is 2.10. The summed E-state index contributed by atoms with van der Waals surface area (Å²) in [4.78, 5) is 2.30. The summed E-state index contributed by atoms with van der Waals surface area (Å²) >= 11 is 0. The van der Waals surface area contributed by atoms with Gasteiger partial charge in [0.15, 0.2) is 0 Å². The molecule has 1 rings (SSSR count). The first-order valence-corrected chi connectivity index (χ1v) is 6.61. The van der Waals surface area contributed by atoms with Gasteiger partial charge in [-0.15, -0.1) is 0 Å². The van der Waals surface area contributed by atoms with Gasteiger partial charge in [0.2, 0.25) is 0 Å². The van der Waals surface area contributed by atoms with Crippen LogP contribution in [-0.2, 0) is 0 Å². The molecule has 2 heteroatoms. The molecule has 2 nitrogen and oxygen atoms in total. The van der Waals surface area contributed by atoms with Gasteiger partial charge in [-0.1, -0.05) is 32.4 Å². The summed E-state index contributed by atoms with van der Waals surface area (Å²) in [5.74, 6) is 0. The minimum atomic E-state index is -0.331. The molecular weight excluding hydrogens is 210 g/mol. The van der Waals surface area contributed by atoms with E-state index >= 15 is 0 Å². The summed E-state index contributed by atoms with van der Waals surface area (Å²) in [6.45, 7) is 6.46. The second-order valence-corrected chi connectivity index (χ2v) is 4.76. The molecule has 0 aliphatic rings. The van der Waals surface area contributed by atoms with Gasteiger partial charge < -0.3 is 10.0 Å². The molecule has 0 fully saturated rings. The monoisotopic (exact) mass is 235 g/mol. The molecule has 17 heavy (non-hydrogen) atoms. The molecule has 0 saturated heterocycles.